The van der Waals surface area contributed by atoms with Crippen LogP contribution in [0.4, 0.5) is 0 Å². The van der Waals surface area contributed by atoms with Gasteiger partial charge in [-0.05, 0) is 24.3 Å². The molecule has 0 spiro atoms. The van der Waals surface area contributed by atoms with Crippen molar-refractivity contribution in [1.82, 2.24) is 0 Å². The summed E-state index contributed by atoms with van der Waals surface area (Å²) in [6.07, 6.45) is 0. The zero-order chi connectivity index (χ0) is 10.6. The number of rotatable bonds is 3. The van der Waals surface area contributed by atoms with Crippen molar-refractivity contribution >= 4 is 29.2 Å². The number of halogens is 2. The lowest BCUT2D eigenvalue weighted by Crippen LogP contribution is -2.18. The molecule has 0 aliphatic rings. The summed E-state index contributed by atoms with van der Waals surface area (Å²) in [6, 6.07) is 6.60. The number of carbonyl (C=O) groups is 1. The van der Waals surface area contributed by atoms with Crippen LogP contribution >= 0.6 is 23.2 Å². The number of benzene rings is 1. The topological polar surface area (TPSA) is 26.3 Å². The molecule has 0 aromatic heterocycles. The molecule has 0 amide bonds. The first-order valence-corrected chi connectivity index (χ1v) is 5.08. The Balaban J connectivity index is 2.60. The smallest absolute Gasteiger partial charge is 0.315 e. The van der Waals surface area contributed by atoms with Gasteiger partial charge >= 0.3 is 5.97 Å². The van der Waals surface area contributed by atoms with Crippen molar-refractivity contribution in [2.75, 3.05) is 5.88 Å². The van der Waals surface area contributed by atoms with Gasteiger partial charge in [-0.15, -0.1) is 11.6 Å². The second kappa shape index (κ2) is 5.23. The van der Waals surface area contributed by atoms with E-state index in [1.165, 1.54) is 0 Å². The zero-order valence-corrected chi connectivity index (χ0v) is 9.18. The van der Waals surface area contributed by atoms with Crippen LogP contribution in [0.1, 0.15) is 6.92 Å². The summed E-state index contributed by atoms with van der Waals surface area (Å²) in [5.74, 6) is 0.109. The van der Waals surface area contributed by atoms with Crippen LogP contribution in [0.2, 0.25) is 5.02 Å². The van der Waals surface area contributed by atoms with Gasteiger partial charge in [-0.3, -0.25) is 4.79 Å². The maximum Gasteiger partial charge on any atom is 0.315 e. The van der Waals surface area contributed by atoms with Crippen LogP contribution in [-0.4, -0.2) is 11.8 Å². The van der Waals surface area contributed by atoms with Crippen LogP contribution in [0.25, 0.3) is 0 Å². The van der Waals surface area contributed by atoms with Crippen LogP contribution in [-0.2, 0) is 4.79 Å². The molecule has 0 bridgehead atoms. The number of carbonyl (C=O) groups excluding carboxylic acids is 1. The zero-order valence-electron chi connectivity index (χ0n) is 7.67. The molecule has 76 valence electrons. The molecule has 0 aliphatic heterocycles. The van der Waals surface area contributed by atoms with Crippen molar-refractivity contribution in [3.63, 3.8) is 0 Å². The highest BCUT2D eigenvalue weighted by Gasteiger charge is 2.13. The van der Waals surface area contributed by atoms with E-state index in [4.69, 9.17) is 27.9 Å². The lowest BCUT2D eigenvalue weighted by molar-refractivity contribution is -0.137. The first-order valence-electron chi connectivity index (χ1n) is 4.16. The van der Waals surface area contributed by atoms with Crippen molar-refractivity contribution in [2.45, 2.75) is 6.92 Å². The van der Waals surface area contributed by atoms with Crippen molar-refractivity contribution in [3.8, 4) is 5.75 Å². The fourth-order valence-electron chi connectivity index (χ4n) is 0.782. The third-order valence-corrected chi connectivity index (χ3v) is 2.38. The van der Waals surface area contributed by atoms with Crippen molar-refractivity contribution in [1.29, 1.82) is 0 Å². The predicted molar refractivity (Wildman–Crippen MR) is 57.0 cm³/mol. The minimum Gasteiger partial charge on any atom is -0.426 e. The first kappa shape index (κ1) is 11.3. The summed E-state index contributed by atoms with van der Waals surface area (Å²) >= 11 is 11.2. The van der Waals surface area contributed by atoms with Gasteiger partial charge in [0.15, 0.2) is 0 Å². The monoisotopic (exact) mass is 232 g/mol. The second-order valence-electron chi connectivity index (χ2n) is 2.93. The molecule has 0 N–H and O–H groups in total. The Morgan fingerprint density at radius 1 is 1.43 bits per heavy atom. The molecule has 1 atom stereocenters. The highest BCUT2D eigenvalue weighted by molar-refractivity contribution is 6.30. The Hall–Kier alpha value is -0.730. The van der Waals surface area contributed by atoms with Crippen LogP contribution < -0.4 is 4.74 Å². The minimum atomic E-state index is -0.331. The summed E-state index contributed by atoms with van der Waals surface area (Å²) in [5, 5.41) is 0.607. The number of hydrogen-bond donors (Lipinski definition) is 0. The average Bonchev–Trinajstić information content (AvgIpc) is 2.20. The Labute approximate surface area is 92.8 Å². The molecule has 0 heterocycles. The molecule has 2 nitrogen and oxygen atoms in total. The highest BCUT2D eigenvalue weighted by Crippen LogP contribution is 2.16. The third kappa shape index (κ3) is 3.20. The molecule has 0 fully saturated rings. The third-order valence-electron chi connectivity index (χ3n) is 1.67. The summed E-state index contributed by atoms with van der Waals surface area (Å²) in [5.41, 5.74) is 0. The van der Waals surface area contributed by atoms with Crippen LogP contribution in [0, 0.1) is 5.92 Å². The summed E-state index contributed by atoms with van der Waals surface area (Å²) in [6.45, 7) is 1.71. The van der Waals surface area contributed by atoms with Gasteiger partial charge in [0.05, 0.1) is 5.92 Å². The largest absolute Gasteiger partial charge is 0.426 e. The normalized spacial score (nSPS) is 12.2. The highest BCUT2D eigenvalue weighted by atomic mass is 35.5. The fourth-order valence-corrected chi connectivity index (χ4v) is 1.03. The van der Waals surface area contributed by atoms with Crippen molar-refractivity contribution < 1.29 is 9.53 Å². The van der Waals surface area contributed by atoms with Crippen LogP contribution in [0.3, 0.4) is 0 Å². The summed E-state index contributed by atoms with van der Waals surface area (Å²) < 4.78 is 5.04. The van der Waals surface area contributed by atoms with Crippen molar-refractivity contribution in [2.24, 2.45) is 5.92 Å². The van der Waals surface area contributed by atoms with E-state index in [2.05, 4.69) is 0 Å². The van der Waals surface area contributed by atoms with Gasteiger partial charge in [0, 0.05) is 10.9 Å². The number of esters is 1. The molecule has 0 saturated heterocycles. The second-order valence-corrected chi connectivity index (χ2v) is 3.68. The van der Waals surface area contributed by atoms with Gasteiger partial charge in [0.25, 0.3) is 0 Å². The van der Waals surface area contributed by atoms with E-state index >= 15 is 0 Å². The maximum absolute atomic E-state index is 11.3. The lowest BCUT2D eigenvalue weighted by atomic mass is 10.2. The molecule has 1 unspecified atom stereocenters. The van der Waals surface area contributed by atoms with E-state index in [9.17, 15) is 4.79 Å². The molecule has 1 rings (SSSR count). The Bertz CT molecular complexity index is 308. The van der Waals surface area contributed by atoms with E-state index in [0.29, 0.717) is 10.8 Å². The molecular weight excluding hydrogens is 223 g/mol. The predicted octanol–water partition coefficient (Wildman–Crippen LogP) is 3.12. The van der Waals surface area contributed by atoms with Gasteiger partial charge in [-0.1, -0.05) is 18.5 Å². The van der Waals surface area contributed by atoms with E-state index < -0.39 is 0 Å². The summed E-state index contributed by atoms with van der Waals surface area (Å²) in [7, 11) is 0. The SMILES string of the molecule is CC(CCl)C(=O)Oc1ccc(Cl)cc1. The quantitative estimate of drug-likeness (QED) is 0.455. The standard InChI is InChI=1S/C10H10Cl2O2/c1-7(6-11)10(13)14-9-4-2-8(12)3-5-9/h2-5,7H,6H2,1H3. The number of ether oxygens (including phenoxy) is 1. The molecule has 0 radical (unpaired) electrons. The minimum absolute atomic E-state index is 0.256. The Morgan fingerprint density at radius 3 is 2.50 bits per heavy atom. The van der Waals surface area contributed by atoms with Gasteiger partial charge in [0.2, 0.25) is 0 Å². The van der Waals surface area contributed by atoms with E-state index in [1.54, 1.807) is 31.2 Å². The van der Waals surface area contributed by atoms with Crippen LogP contribution in [0.5, 0.6) is 5.75 Å². The molecule has 1 aromatic rings. The maximum atomic E-state index is 11.3. The van der Waals surface area contributed by atoms with Crippen molar-refractivity contribution in [3.05, 3.63) is 29.3 Å². The molecule has 4 heteroatoms. The summed E-state index contributed by atoms with van der Waals surface area (Å²) in [4.78, 5) is 11.3. The number of hydrogen-bond acceptors (Lipinski definition) is 2. The van der Waals surface area contributed by atoms with E-state index in [-0.39, 0.29) is 17.8 Å². The molecule has 0 saturated carbocycles. The van der Waals surface area contributed by atoms with Gasteiger partial charge in [-0.25, -0.2) is 0 Å². The van der Waals surface area contributed by atoms with Gasteiger partial charge < -0.3 is 4.74 Å². The van der Waals surface area contributed by atoms with E-state index in [0.717, 1.165) is 0 Å². The number of alkyl halides is 1. The fraction of sp³-hybridized carbons (Fsp3) is 0.300. The molecular formula is C10H10Cl2O2. The molecule has 0 aliphatic carbocycles. The Morgan fingerprint density at radius 2 is 2.00 bits per heavy atom. The molecule has 14 heavy (non-hydrogen) atoms. The van der Waals surface area contributed by atoms with E-state index in [1.807, 2.05) is 0 Å². The molecule has 1 aromatic carbocycles. The average molecular weight is 233 g/mol. The Kier molecular flexibility index (Phi) is 4.23. The van der Waals surface area contributed by atoms with Gasteiger partial charge in [-0.2, -0.15) is 0 Å². The van der Waals surface area contributed by atoms with Crippen LogP contribution in [0.15, 0.2) is 24.3 Å². The first-order chi connectivity index (χ1) is 6.63. The van der Waals surface area contributed by atoms with Gasteiger partial charge in [0.1, 0.15) is 5.75 Å². The lowest BCUT2D eigenvalue weighted by Gasteiger charge is -2.07.